The predicted molar refractivity (Wildman–Crippen MR) is 79.7 cm³/mol. The number of aromatic nitrogens is 2. The minimum absolute atomic E-state index is 0.0101. The fourth-order valence-corrected chi connectivity index (χ4v) is 2.68. The molecule has 22 heavy (non-hydrogen) atoms. The molecule has 3 rings (SSSR count). The zero-order chi connectivity index (χ0) is 15.7. The SMILES string of the molecule is Cc1ccc(-c2noc([C@@H](C)N3CCC(O)CC3)n2)cc1F. The summed E-state index contributed by atoms with van der Waals surface area (Å²) in [6.45, 7) is 5.33. The number of hydrogen-bond donors (Lipinski definition) is 1. The van der Waals surface area contributed by atoms with Crippen molar-refractivity contribution in [3.05, 3.63) is 35.5 Å². The van der Waals surface area contributed by atoms with E-state index < -0.39 is 0 Å². The van der Waals surface area contributed by atoms with Crippen LogP contribution in [-0.4, -0.2) is 39.3 Å². The van der Waals surface area contributed by atoms with Crippen molar-refractivity contribution in [2.24, 2.45) is 0 Å². The van der Waals surface area contributed by atoms with E-state index in [2.05, 4.69) is 15.0 Å². The van der Waals surface area contributed by atoms with Gasteiger partial charge in [-0.25, -0.2) is 4.39 Å². The van der Waals surface area contributed by atoms with E-state index in [0.29, 0.717) is 22.8 Å². The molecular weight excluding hydrogens is 285 g/mol. The highest BCUT2D eigenvalue weighted by molar-refractivity contribution is 5.54. The molecular formula is C16H20FN3O2. The Kier molecular flexibility index (Phi) is 4.22. The summed E-state index contributed by atoms with van der Waals surface area (Å²) in [6, 6.07) is 4.90. The fourth-order valence-electron chi connectivity index (χ4n) is 2.68. The van der Waals surface area contributed by atoms with Crippen LogP contribution in [0.25, 0.3) is 11.4 Å². The molecule has 118 valence electrons. The molecule has 0 aliphatic carbocycles. The van der Waals surface area contributed by atoms with E-state index in [9.17, 15) is 9.50 Å². The molecule has 1 fully saturated rings. The number of aryl methyl sites for hydroxylation is 1. The molecule has 0 spiro atoms. The Balaban J connectivity index is 1.76. The lowest BCUT2D eigenvalue weighted by Gasteiger charge is -2.32. The Hall–Kier alpha value is -1.79. The minimum Gasteiger partial charge on any atom is -0.393 e. The van der Waals surface area contributed by atoms with Crippen molar-refractivity contribution >= 4 is 0 Å². The van der Waals surface area contributed by atoms with Gasteiger partial charge in [-0.15, -0.1) is 0 Å². The lowest BCUT2D eigenvalue weighted by Crippen LogP contribution is -2.37. The zero-order valence-electron chi connectivity index (χ0n) is 12.8. The van der Waals surface area contributed by atoms with Crippen molar-refractivity contribution in [3.8, 4) is 11.4 Å². The normalized spacial score (nSPS) is 18.5. The van der Waals surface area contributed by atoms with Gasteiger partial charge in [0.05, 0.1) is 12.1 Å². The van der Waals surface area contributed by atoms with Crippen LogP contribution in [-0.2, 0) is 0 Å². The monoisotopic (exact) mass is 305 g/mol. The van der Waals surface area contributed by atoms with E-state index in [1.54, 1.807) is 19.1 Å². The first kappa shape index (κ1) is 15.1. The second kappa shape index (κ2) is 6.14. The quantitative estimate of drug-likeness (QED) is 0.944. The van der Waals surface area contributed by atoms with E-state index in [1.165, 1.54) is 6.07 Å². The van der Waals surface area contributed by atoms with E-state index in [4.69, 9.17) is 4.52 Å². The van der Waals surface area contributed by atoms with Crippen LogP contribution in [0, 0.1) is 12.7 Å². The van der Waals surface area contributed by atoms with Gasteiger partial charge in [0.2, 0.25) is 11.7 Å². The van der Waals surface area contributed by atoms with Gasteiger partial charge < -0.3 is 9.63 Å². The smallest absolute Gasteiger partial charge is 0.244 e. The van der Waals surface area contributed by atoms with E-state index in [0.717, 1.165) is 25.9 Å². The summed E-state index contributed by atoms with van der Waals surface area (Å²) in [5.41, 5.74) is 1.20. The van der Waals surface area contributed by atoms with Crippen molar-refractivity contribution in [3.63, 3.8) is 0 Å². The molecule has 2 aromatic rings. The summed E-state index contributed by atoms with van der Waals surface area (Å²) >= 11 is 0. The highest BCUT2D eigenvalue weighted by atomic mass is 19.1. The number of rotatable bonds is 3. The van der Waals surface area contributed by atoms with Crippen molar-refractivity contribution in [2.75, 3.05) is 13.1 Å². The number of hydrogen-bond acceptors (Lipinski definition) is 5. The first-order chi connectivity index (χ1) is 10.5. The molecule has 0 radical (unpaired) electrons. The van der Waals surface area contributed by atoms with E-state index in [-0.39, 0.29) is 18.0 Å². The first-order valence-electron chi connectivity index (χ1n) is 7.57. The van der Waals surface area contributed by atoms with Crippen molar-refractivity contribution in [1.29, 1.82) is 0 Å². The molecule has 0 amide bonds. The summed E-state index contributed by atoms with van der Waals surface area (Å²) in [5, 5.41) is 13.5. The van der Waals surface area contributed by atoms with Crippen LogP contribution >= 0.6 is 0 Å². The Morgan fingerprint density at radius 1 is 1.36 bits per heavy atom. The highest BCUT2D eigenvalue weighted by Crippen LogP contribution is 2.26. The molecule has 1 aliphatic heterocycles. The summed E-state index contributed by atoms with van der Waals surface area (Å²) in [4.78, 5) is 6.60. The summed E-state index contributed by atoms with van der Waals surface area (Å²) in [5.74, 6) is 0.645. The molecule has 0 saturated carbocycles. The van der Waals surface area contributed by atoms with Crippen molar-refractivity contribution in [1.82, 2.24) is 15.0 Å². The molecule has 1 aliphatic rings. The maximum atomic E-state index is 13.6. The van der Waals surface area contributed by atoms with Crippen LogP contribution in [0.4, 0.5) is 4.39 Å². The zero-order valence-corrected chi connectivity index (χ0v) is 12.8. The average Bonchev–Trinajstić information content (AvgIpc) is 3.00. The molecule has 0 unspecified atom stereocenters. The summed E-state index contributed by atoms with van der Waals surface area (Å²) in [6.07, 6.45) is 1.31. The van der Waals surface area contributed by atoms with Crippen LogP contribution in [0.2, 0.25) is 0 Å². The van der Waals surface area contributed by atoms with Crippen LogP contribution in [0.15, 0.2) is 22.7 Å². The van der Waals surface area contributed by atoms with Gasteiger partial charge in [-0.2, -0.15) is 4.98 Å². The number of aliphatic hydroxyl groups is 1. The third-order valence-corrected chi connectivity index (χ3v) is 4.28. The maximum Gasteiger partial charge on any atom is 0.244 e. The lowest BCUT2D eigenvalue weighted by molar-refractivity contribution is 0.0564. The van der Waals surface area contributed by atoms with Crippen molar-refractivity contribution in [2.45, 2.75) is 38.8 Å². The van der Waals surface area contributed by atoms with Gasteiger partial charge in [0.15, 0.2) is 0 Å². The van der Waals surface area contributed by atoms with Gasteiger partial charge in [-0.05, 0) is 38.3 Å². The van der Waals surface area contributed by atoms with E-state index in [1.807, 2.05) is 6.92 Å². The van der Waals surface area contributed by atoms with Crippen LogP contribution in [0.3, 0.4) is 0 Å². The standard InChI is InChI=1S/C16H20FN3O2/c1-10-3-4-12(9-14(10)17)15-18-16(22-19-15)11(2)20-7-5-13(21)6-8-20/h3-4,9,11,13,21H,5-8H2,1-2H3/t11-/m1/s1. The number of likely N-dealkylation sites (tertiary alicyclic amines) is 1. The number of piperidine rings is 1. The molecule has 5 nitrogen and oxygen atoms in total. The second-order valence-corrected chi connectivity index (χ2v) is 5.86. The van der Waals surface area contributed by atoms with Gasteiger partial charge >= 0.3 is 0 Å². The Labute approximate surface area is 128 Å². The molecule has 1 saturated heterocycles. The molecule has 2 heterocycles. The minimum atomic E-state index is -0.276. The third kappa shape index (κ3) is 3.03. The second-order valence-electron chi connectivity index (χ2n) is 5.86. The van der Waals surface area contributed by atoms with Gasteiger partial charge in [-0.3, -0.25) is 4.90 Å². The Morgan fingerprint density at radius 2 is 2.09 bits per heavy atom. The highest BCUT2D eigenvalue weighted by Gasteiger charge is 2.26. The van der Waals surface area contributed by atoms with Crippen LogP contribution in [0.5, 0.6) is 0 Å². The van der Waals surface area contributed by atoms with Gasteiger partial charge in [-0.1, -0.05) is 17.3 Å². The summed E-state index contributed by atoms with van der Waals surface area (Å²) in [7, 11) is 0. The Bertz CT molecular complexity index is 651. The van der Waals surface area contributed by atoms with Crippen molar-refractivity contribution < 1.29 is 14.0 Å². The van der Waals surface area contributed by atoms with E-state index >= 15 is 0 Å². The molecule has 6 heteroatoms. The first-order valence-corrected chi connectivity index (χ1v) is 7.57. The molecule has 1 N–H and O–H groups in total. The van der Waals surface area contributed by atoms with Gasteiger partial charge in [0, 0.05) is 18.7 Å². The largest absolute Gasteiger partial charge is 0.393 e. The fraction of sp³-hybridized carbons (Fsp3) is 0.500. The average molecular weight is 305 g/mol. The lowest BCUT2D eigenvalue weighted by atomic mass is 10.1. The third-order valence-electron chi connectivity index (χ3n) is 4.28. The van der Waals surface area contributed by atoms with Crippen LogP contribution in [0.1, 0.15) is 37.3 Å². The van der Waals surface area contributed by atoms with Gasteiger partial charge in [0.1, 0.15) is 5.82 Å². The predicted octanol–water partition coefficient (Wildman–Crippen LogP) is 2.70. The number of halogens is 1. The number of nitrogens with zero attached hydrogens (tertiary/aromatic N) is 3. The van der Waals surface area contributed by atoms with Gasteiger partial charge in [0.25, 0.3) is 0 Å². The number of benzene rings is 1. The molecule has 1 aromatic carbocycles. The summed E-state index contributed by atoms with van der Waals surface area (Å²) < 4.78 is 19.0. The topological polar surface area (TPSA) is 62.4 Å². The molecule has 1 aromatic heterocycles. The Morgan fingerprint density at radius 3 is 2.77 bits per heavy atom. The number of aliphatic hydroxyl groups excluding tert-OH is 1. The molecule has 1 atom stereocenters. The van der Waals surface area contributed by atoms with Crippen LogP contribution < -0.4 is 0 Å². The molecule has 0 bridgehead atoms. The maximum absolute atomic E-state index is 13.6.